The summed E-state index contributed by atoms with van der Waals surface area (Å²) in [6.45, 7) is 3.87. The van der Waals surface area contributed by atoms with Crippen molar-refractivity contribution in [2.45, 2.75) is 26.1 Å². The van der Waals surface area contributed by atoms with E-state index in [1.54, 1.807) is 36.3 Å². The van der Waals surface area contributed by atoms with Gasteiger partial charge in [0.15, 0.2) is 0 Å². The Kier molecular flexibility index (Phi) is 9.79. The molecule has 1 aliphatic rings. The first-order valence-corrected chi connectivity index (χ1v) is 14.8. The van der Waals surface area contributed by atoms with E-state index in [0.717, 1.165) is 23.4 Å². The molecule has 5 rings (SSSR count). The molecule has 0 spiro atoms. The highest BCUT2D eigenvalue weighted by Gasteiger charge is 2.33. The summed E-state index contributed by atoms with van der Waals surface area (Å²) < 4.78 is 64.6. The molecule has 1 fully saturated rings. The zero-order chi connectivity index (χ0) is 32.8. The monoisotopic (exact) mass is 635 g/mol. The minimum absolute atomic E-state index is 0.134. The first kappa shape index (κ1) is 32.3. The number of carbonyl (C=O) groups is 2. The Hall–Kier alpha value is -5.06. The topological polar surface area (TPSA) is 75.0 Å². The van der Waals surface area contributed by atoms with Crippen LogP contribution in [0.3, 0.4) is 0 Å². The summed E-state index contributed by atoms with van der Waals surface area (Å²) in [6, 6.07) is 17.8. The van der Waals surface area contributed by atoms with Crippen molar-refractivity contribution in [3.63, 3.8) is 0 Å². The molecule has 3 aromatic carbocycles. The average Bonchev–Trinajstić information content (AvgIpc) is 3.45. The third kappa shape index (κ3) is 7.42. The minimum atomic E-state index is -4.52. The lowest BCUT2D eigenvalue weighted by Gasteiger charge is -2.36. The molecule has 0 radical (unpaired) electrons. The molecule has 0 aliphatic carbocycles. The van der Waals surface area contributed by atoms with E-state index in [-0.39, 0.29) is 35.4 Å². The standard InChI is InChI=1S/C35H33F4N3O4/c1-3-29-30(16-17-31(43)40-22-23-4-14-28(45-2)15-5-23)46-33(24-6-8-25(9-7-24)35(37,38)39)32(29)34(44)42-20-18-41(19-21-42)27-12-10-26(36)11-13-27/h4-17H,3,18-22H2,1-2H3,(H,40,43)/b17-16+. The number of nitrogens with zero attached hydrogens (tertiary/aromatic N) is 2. The third-order valence-corrected chi connectivity index (χ3v) is 7.85. The number of hydrogen-bond acceptors (Lipinski definition) is 5. The van der Waals surface area contributed by atoms with Gasteiger partial charge in [-0.15, -0.1) is 0 Å². The Morgan fingerprint density at radius 1 is 0.935 bits per heavy atom. The number of methoxy groups -OCH3 is 1. The second-order valence-corrected chi connectivity index (χ2v) is 10.7. The van der Waals surface area contributed by atoms with Gasteiger partial charge in [0.2, 0.25) is 5.91 Å². The van der Waals surface area contributed by atoms with Gasteiger partial charge in [0.05, 0.1) is 18.2 Å². The van der Waals surface area contributed by atoms with Gasteiger partial charge in [-0.3, -0.25) is 9.59 Å². The van der Waals surface area contributed by atoms with Gasteiger partial charge in [-0.25, -0.2) is 4.39 Å². The van der Waals surface area contributed by atoms with Crippen molar-refractivity contribution in [3.05, 3.63) is 113 Å². The van der Waals surface area contributed by atoms with Crippen LogP contribution in [-0.4, -0.2) is 50.0 Å². The second-order valence-electron chi connectivity index (χ2n) is 10.7. The number of rotatable bonds is 9. The van der Waals surface area contributed by atoms with Crippen LogP contribution in [0.25, 0.3) is 17.4 Å². The van der Waals surface area contributed by atoms with Crippen molar-refractivity contribution < 1.29 is 36.3 Å². The smallest absolute Gasteiger partial charge is 0.416 e. The molecule has 7 nitrogen and oxygen atoms in total. The van der Waals surface area contributed by atoms with Crippen molar-refractivity contribution in [1.82, 2.24) is 10.2 Å². The number of hydrogen-bond donors (Lipinski definition) is 1. The summed E-state index contributed by atoms with van der Waals surface area (Å²) in [6.07, 6.45) is -1.38. The number of ether oxygens (including phenoxy) is 1. The second kappa shape index (κ2) is 13.9. The van der Waals surface area contributed by atoms with Gasteiger partial charge in [0.25, 0.3) is 5.91 Å². The van der Waals surface area contributed by atoms with Crippen molar-refractivity contribution in [3.8, 4) is 17.1 Å². The predicted molar refractivity (Wildman–Crippen MR) is 167 cm³/mol. The van der Waals surface area contributed by atoms with E-state index < -0.39 is 17.6 Å². The summed E-state index contributed by atoms with van der Waals surface area (Å²) in [4.78, 5) is 30.5. The van der Waals surface area contributed by atoms with Crippen LogP contribution in [0.15, 0.2) is 83.3 Å². The van der Waals surface area contributed by atoms with Crippen molar-refractivity contribution in [1.29, 1.82) is 0 Å². The van der Waals surface area contributed by atoms with E-state index in [9.17, 15) is 27.2 Å². The highest BCUT2D eigenvalue weighted by Crippen LogP contribution is 2.36. The Morgan fingerprint density at radius 2 is 1.59 bits per heavy atom. The number of halogens is 4. The normalized spacial score (nSPS) is 13.7. The van der Waals surface area contributed by atoms with Crippen LogP contribution < -0.4 is 15.0 Å². The molecule has 4 aromatic rings. The number of piperazine rings is 1. The molecular formula is C35H33F4N3O4. The van der Waals surface area contributed by atoms with Crippen LogP contribution >= 0.6 is 0 Å². The SMILES string of the molecule is CCc1c(/C=C/C(=O)NCc2ccc(OC)cc2)oc(-c2ccc(C(F)(F)F)cc2)c1C(=O)N1CCN(c2ccc(F)cc2)CC1. The average molecular weight is 636 g/mol. The summed E-state index contributed by atoms with van der Waals surface area (Å²) in [5, 5.41) is 2.80. The van der Waals surface area contributed by atoms with Gasteiger partial charge in [0.1, 0.15) is 23.1 Å². The first-order valence-electron chi connectivity index (χ1n) is 14.8. The highest BCUT2D eigenvalue weighted by molar-refractivity contribution is 6.02. The lowest BCUT2D eigenvalue weighted by atomic mass is 9.99. The fraction of sp³-hybridized carbons (Fsp3) is 0.257. The van der Waals surface area contributed by atoms with Crippen LogP contribution in [0.2, 0.25) is 0 Å². The number of amides is 2. The summed E-state index contributed by atoms with van der Waals surface area (Å²) in [5.74, 6) is 0.0527. The molecule has 240 valence electrons. The molecule has 0 saturated carbocycles. The summed E-state index contributed by atoms with van der Waals surface area (Å²) >= 11 is 0. The van der Waals surface area contributed by atoms with Gasteiger partial charge in [-0.05, 0) is 66.6 Å². The highest BCUT2D eigenvalue weighted by atomic mass is 19.4. The first-order chi connectivity index (χ1) is 22.1. The van der Waals surface area contributed by atoms with Gasteiger partial charge < -0.3 is 24.3 Å². The lowest BCUT2D eigenvalue weighted by Crippen LogP contribution is -2.49. The quantitative estimate of drug-likeness (QED) is 0.159. The predicted octanol–water partition coefficient (Wildman–Crippen LogP) is 6.97. The van der Waals surface area contributed by atoms with Crippen LogP contribution in [0, 0.1) is 5.82 Å². The zero-order valence-corrected chi connectivity index (χ0v) is 25.4. The Labute approximate surface area is 264 Å². The minimum Gasteiger partial charge on any atom is -0.497 e. The van der Waals surface area contributed by atoms with Crippen LogP contribution in [0.5, 0.6) is 5.75 Å². The van der Waals surface area contributed by atoms with Gasteiger partial charge in [-0.2, -0.15) is 13.2 Å². The Morgan fingerprint density at radius 3 is 2.17 bits per heavy atom. The maximum atomic E-state index is 14.0. The van der Waals surface area contributed by atoms with E-state index in [1.807, 2.05) is 19.1 Å². The Bertz CT molecular complexity index is 1690. The fourth-order valence-corrected chi connectivity index (χ4v) is 5.33. The third-order valence-electron chi connectivity index (χ3n) is 7.85. The van der Waals surface area contributed by atoms with E-state index >= 15 is 0 Å². The molecule has 0 atom stereocenters. The fourth-order valence-electron chi connectivity index (χ4n) is 5.33. The number of benzene rings is 3. The number of furan rings is 1. The van der Waals surface area contributed by atoms with E-state index in [0.29, 0.717) is 49.5 Å². The molecular weight excluding hydrogens is 602 g/mol. The van der Waals surface area contributed by atoms with E-state index in [1.165, 1.54) is 36.4 Å². The van der Waals surface area contributed by atoms with Crippen LogP contribution in [0.4, 0.5) is 23.2 Å². The molecule has 0 unspecified atom stereocenters. The van der Waals surface area contributed by atoms with E-state index in [4.69, 9.17) is 9.15 Å². The van der Waals surface area contributed by atoms with Crippen LogP contribution in [0.1, 0.15) is 39.7 Å². The maximum absolute atomic E-state index is 14.0. The molecule has 46 heavy (non-hydrogen) atoms. The number of carbonyl (C=O) groups excluding carboxylic acids is 2. The van der Waals surface area contributed by atoms with Crippen molar-refractivity contribution >= 4 is 23.6 Å². The molecule has 11 heteroatoms. The number of nitrogens with one attached hydrogen (secondary N) is 1. The molecule has 2 amide bonds. The largest absolute Gasteiger partial charge is 0.497 e. The molecule has 1 aliphatic heterocycles. The zero-order valence-electron chi connectivity index (χ0n) is 25.4. The lowest BCUT2D eigenvalue weighted by molar-refractivity contribution is -0.137. The van der Waals surface area contributed by atoms with E-state index in [2.05, 4.69) is 10.2 Å². The van der Waals surface area contributed by atoms with Crippen molar-refractivity contribution in [2.24, 2.45) is 0 Å². The molecule has 0 bridgehead atoms. The number of anilines is 1. The molecule has 1 aromatic heterocycles. The summed E-state index contributed by atoms with van der Waals surface area (Å²) in [5.41, 5.74) is 1.98. The number of alkyl halides is 3. The maximum Gasteiger partial charge on any atom is 0.416 e. The van der Waals surface area contributed by atoms with Gasteiger partial charge in [-0.1, -0.05) is 31.2 Å². The summed E-state index contributed by atoms with van der Waals surface area (Å²) in [7, 11) is 1.57. The molecule has 1 saturated heterocycles. The Balaban J connectivity index is 1.40. The van der Waals surface area contributed by atoms with Gasteiger partial charge >= 0.3 is 6.18 Å². The molecule has 2 heterocycles. The van der Waals surface area contributed by atoms with Crippen LogP contribution in [-0.2, 0) is 23.9 Å². The van der Waals surface area contributed by atoms with Crippen molar-refractivity contribution in [2.75, 3.05) is 38.2 Å². The molecule has 1 N–H and O–H groups in total. The van der Waals surface area contributed by atoms with Gasteiger partial charge in [0, 0.05) is 55.6 Å².